The van der Waals surface area contributed by atoms with Gasteiger partial charge in [0.2, 0.25) is 12.2 Å². The van der Waals surface area contributed by atoms with Crippen LogP contribution in [0, 0.1) is 0 Å². The third kappa shape index (κ3) is 3.71. The van der Waals surface area contributed by atoms with E-state index in [4.69, 9.17) is 18.9 Å². The van der Waals surface area contributed by atoms with Crippen LogP contribution in [0.5, 0.6) is 5.75 Å². The van der Waals surface area contributed by atoms with E-state index in [0.29, 0.717) is 5.75 Å². The molecule has 2 heterocycles. The van der Waals surface area contributed by atoms with Gasteiger partial charge in [-0.15, -0.1) is 0 Å². The number of benzene rings is 2. The molecule has 5 unspecified atom stereocenters. The van der Waals surface area contributed by atoms with E-state index in [-0.39, 0.29) is 12.5 Å². The summed E-state index contributed by atoms with van der Waals surface area (Å²) >= 11 is 0. The zero-order chi connectivity index (χ0) is 19.9. The van der Waals surface area contributed by atoms with Crippen molar-refractivity contribution in [2.75, 3.05) is 6.61 Å². The number of amides is 1. The molecule has 2 aromatic rings. The Morgan fingerprint density at radius 2 is 1.96 bits per heavy atom. The summed E-state index contributed by atoms with van der Waals surface area (Å²) in [7, 11) is 0. The summed E-state index contributed by atoms with van der Waals surface area (Å²) < 4.78 is 23.8. The molecule has 0 radical (unpaired) electrons. The summed E-state index contributed by atoms with van der Waals surface area (Å²) in [6.45, 7) is 5.21. The van der Waals surface area contributed by atoms with Gasteiger partial charge in [-0.1, -0.05) is 36.4 Å². The lowest BCUT2D eigenvalue weighted by atomic mass is 9.95. The third-order valence-electron chi connectivity index (χ3n) is 5.05. The number of nitrogens with one attached hydrogen (secondary N) is 1. The molecule has 7 heteroatoms. The lowest BCUT2D eigenvalue weighted by molar-refractivity contribution is -0.361. The molecule has 28 heavy (non-hydrogen) atoms. The van der Waals surface area contributed by atoms with Crippen LogP contribution in [0.1, 0.15) is 20.8 Å². The molecule has 2 aliphatic heterocycles. The largest absolute Gasteiger partial charge is 0.462 e. The van der Waals surface area contributed by atoms with Crippen LogP contribution in [0.4, 0.5) is 0 Å². The minimum absolute atomic E-state index is 0.261. The van der Waals surface area contributed by atoms with Gasteiger partial charge >= 0.3 is 0 Å². The maximum absolute atomic E-state index is 11.8. The lowest BCUT2D eigenvalue weighted by Gasteiger charge is -2.49. The van der Waals surface area contributed by atoms with Gasteiger partial charge in [0.1, 0.15) is 30.1 Å². The van der Waals surface area contributed by atoms with E-state index in [1.807, 2.05) is 42.5 Å². The van der Waals surface area contributed by atoms with Crippen molar-refractivity contribution in [1.29, 1.82) is 0 Å². The van der Waals surface area contributed by atoms with Crippen LogP contribution in [0.15, 0.2) is 42.5 Å². The predicted octanol–water partition coefficient (Wildman–Crippen LogP) is 1.96. The molecule has 0 bridgehead atoms. The minimum Gasteiger partial charge on any atom is -0.462 e. The number of carbonyl (C=O) groups is 1. The van der Waals surface area contributed by atoms with Gasteiger partial charge in [-0.25, -0.2) is 0 Å². The van der Waals surface area contributed by atoms with Crippen LogP contribution in [0.25, 0.3) is 10.8 Å². The molecule has 2 N–H and O–H groups in total. The van der Waals surface area contributed by atoms with Crippen molar-refractivity contribution in [3.05, 3.63) is 42.5 Å². The van der Waals surface area contributed by atoms with Crippen LogP contribution in [0.3, 0.4) is 0 Å². The Bertz CT molecular complexity index is 864. The highest BCUT2D eigenvalue weighted by Gasteiger charge is 2.52. The summed E-state index contributed by atoms with van der Waals surface area (Å²) in [5.74, 6) is -0.513. The van der Waals surface area contributed by atoms with Gasteiger partial charge in [0.15, 0.2) is 5.79 Å². The zero-order valence-corrected chi connectivity index (χ0v) is 16.1. The van der Waals surface area contributed by atoms with Crippen molar-refractivity contribution in [2.45, 2.75) is 57.2 Å². The van der Waals surface area contributed by atoms with Gasteiger partial charge in [0.05, 0.1) is 6.61 Å². The Morgan fingerprint density at radius 1 is 1.21 bits per heavy atom. The van der Waals surface area contributed by atoms with Crippen LogP contribution < -0.4 is 10.1 Å². The summed E-state index contributed by atoms with van der Waals surface area (Å²) in [4.78, 5) is 11.8. The monoisotopic (exact) mass is 387 g/mol. The highest BCUT2D eigenvalue weighted by molar-refractivity contribution is 5.88. The minimum atomic E-state index is -1.01. The summed E-state index contributed by atoms with van der Waals surface area (Å²) in [5, 5.41) is 15.6. The van der Waals surface area contributed by atoms with Gasteiger partial charge in [-0.3, -0.25) is 4.79 Å². The average Bonchev–Trinajstić information content (AvgIpc) is 2.65. The summed E-state index contributed by atoms with van der Waals surface area (Å²) in [6.07, 6.45) is -3.04. The van der Waals surface area contributed by atoms with E-state index >= 15 is 0 Å². The fourth-order valence-electron chi connectivity index (χ4n) is 3.76. The molecule has 2 aromatic carbocycles. The normalized spacial score (nSPS) is 31.8. The molecule has 0 saturated carbocycles. The molecule has 5 atom stereocenters. The molecule has 0 aliphatic carbocycles. The Morgan fingerprint density at radius 3 is 2.75 bits per heavy atom. The van der Waals surface area contributed by atoms with Crippen molar-refractivity contribution in [2.24, 2.45) is 0 Å². The molecule has 2 saturated heterocycles. The fourth-order valence-corrected chi connectivity index (χ4v) is 3.76. The summed E-state index contributed by atoms with van der Waals surface area (Å²) in [5.41, 5.74) is 0. The highest BCUT2D eigenvalue weighted by Crippen LogP contribution is 2.34. The first-order valence-electron chi connectivity index (χ1n) is 9.41. The third-order valence-corrected chi connectivity index (χ3v) is 5.05. The predicted molar refractivity (Wildman–Crippen MR) is 102 cm³/mol. The average molecular weight is 387 g/mol. The fraction of sp³-hybridized carbons (Fsp3) is 0.476. The molecule has 0 spiro atoms. The molecule has 1 amide bonds. The van der Waals surface area contributed by atoms with Crippen LogP contribution in [-0.2, 0) is 19.0 Å². The van der Waals surface area contributed by atoms with E-state index in [2.05, 4.69) is 5.32 Å². The molecule has 2 aliphatic rings. The van der Waals surface area contributed by atoms with E-state index in [1.54, 1.807) is 13.8 Å². The second-order valence-corrected chi connectivity index (χ2v) is 7.65. The number of ether oxygens (including phenoxy) is 4. The van der Waals surface area contributed by atoms with Crippen LogP contribution in [0.2, 0.25) is 0 Å². The second kappa shape index (κ2) is 7.33. The number of aliphatic hydroxyl groups is 1. The van der Waals surface area contributed by atoms with Gasteiger partial charge < -0.3 is 29.4 Å². The topological polar surface area (TPSA) is 86.3 Å². The van der Waals surface area contributed by atoms with Crippen molar-refractivity contribution in [3.63, 3.8) is 0 Å². The Balaban J connectivity index is 1.63. The van der Waals surface area contributed by atoms with Gasteiger partial charge in [-0.2, -0.15) is 0 Å². The number of aliphatic hydroxyl groups excluding tert-OH is 1. The Labute approximate surface area is 163 Å². The van der Waals surface area contributed by atoms with Crippen molar-refractivity contribution in [1.82, 2.24) is 5.32 Å². The maximum Gasteiger partial charge on any atom is 0.223 e. The smallest absolute Gasteiger partial charge is 0.223 e. The first-order valence-corrected chi connectivity index (χ1v) is 9.41. The second-order valence-electron chi connectivity index (χ2n) is 7.65. The molecular formula is C21H25NO6. The first-order chi connectivity index (χ1) is 13.3. The lowest BCUT2D eigenvalue weighted by Crippen LogP contribution is -2.69. The van der Waals surface area contributed by atoms with E-state index in [9.17, 15) is 9.90 Å². The van der Waals surface area contributed by atoms with E-state index in [1.165, 1.54) is 6.92 Å². The maximum atomic E-state index is 11.8. The van der Waals surface area contributed by atoms with Crippen molar-refractivity contribution >= 4 is 16.7 Å². The highest BCUT2D eigenvalue weighted by atomic mass is 16.8. The van der Waals surface area contributed by atoms with Gasteiger partial charge in [-0.05, 0) is 25.3 Å². The number of hydrogen-bond donors (Lipinski definition) is 2. The van der Waals surface area contributed by atoms with Crippen molar-refractivity contribution < 1.29 is 28.8 Å². The zero-order valence-electron chi connectivity index (χ0n) is 16.1. The van der Waals surface area contributed by atoms with Gasteiger partial charge in [0, 0.05) is 12.3 Å². The van der Waals surface area contributed by atoms with Crippen LogP contribution in [-0.4, -0.2) is 54.1 Å². The Kier molecular flexibility index (Phi) is 5.01. The van der Waals surface area contributed by atoms with Crippen molar-refractivity contribution in [3.8, 4) is 5.75 Å². The number of carbonyl (C=O) groups excluding carboxylic acids is 1. The quantitative estimate of drug-likeness (QED) is 0.837. The first kappa shape index (κ1) is 19.1. The summed E-state index contributed by atoms with van der Waals surface area (Å²) in [6, 6.07) is 12.8. The molecule has 0 aromatic heterocycles. The number of rotatable bonds is 3. The standard InChI is InChI=1S/C21H25NO6/c1-12(23)22-17-18(24)19-16(11-25-21(2,3)28-19)27-20(17)26-15-10-6-8-13-7-4-5-9-14(13)15/h4-10,16-20,24H,11H2,1-3H3,(H,22,23). The SMILES string of the molecule is CC(=O)NC1C(Oc2cccc3ccccc23)OC2COC(C)(C)OC2C1O. The van der Waals surface area contributed by atoms with E-state index < -0.39 is 36.4 Å². The molecular weight excluding hydrogens is 362 g/mol. The van der Waals surface area contributed by atoms with Crippen LogP contribution >= 0.6 is 0 Å². The van der Waals surface area contributed by atoms with E-state index in [0.717, 1.165) is 10.8 Å². The molecule has 4 rings (SSSR count). The molecule has 150 valence electrons. The molecule has 7 nitrogen and oxygen atoms in total. The number of fused-ring (bicyclic) bond motifs is 2. The van der Waals surface area contributed by atoms with Gasteiger partial charge in [0.25, 0.3) is 0 Å². The molecule has 2 fully saturated rings. The number of hydrogen-bond acceptors (Lipinski definition) is 6. The Hall–Kier alpha value is -2.19.